The third-order valence-electron chi connectivity index (χ3n) is 5.71. The van der Waals surface area contributed by atoms with E-state index in [1.54, 1.807) is 4.68 Å². The van der Waals surface area contributed by atoms with Gasteiger partial charge in [-0.15, -0.1) is 0 Å². The summed E-state index contributed by atoms with van der Waals surface area (Å²) in [4.78, 5) is 23.8. The molecular weight excluding hydrogens is 390 g/mol. The zero-order valence-electron chi connectivity index (χ0n) is 18.4. The standard InChI is InChI=1S/C24H29N5O2/c1-17-7-4-5-8-20(17)15-21-9-6-10-22(26-21)23-16-28(13-14-31-23)24(30)11-12-29-19(3)25-18(2)27-29/h4-10,23H,11-16H2,1-3H3/t23-/m1/s1. The predicted octanol–water partition coefficient (Wildman–Crippen LogP) is 3.18. The summed E-state index contributed by atoms with van der Waals surface area (Å²) < 4.78 is 7.77. The third kappa shape index (κ3) is 5.17. The summed E-state index contributed by atoms with van der Waals surface area (Å²) in [6, 6.07) is 14.4. The molecule has 162 valence electrons. The van der Waals surface area contributed by atoms with Crippen LogP contribution in [0.5, 0.6) is 0 Å². The molecule has 2 aromatic heterocycles. The number of carbonyl (C=O) groups is 1. The highest BCUT2D eigenvalue weighted by molar-refractivity contribution is 5.76. The minimum atomic E-state index is -0.204. The van der Waals surface area contributed by atoms with Crippen LogP contribution in [0.2, 0.25) is 0 Å². The average molecular weight is 420 g/mol. The predicted molar refractivity (Wildman–Crippen MR) is 118 cm³/mol. The molecule has 0 N–H and O–H groups in total. The Bertz CT molecular complexity index is 1060. The van der Waals surface area contributed by atoms with Crippen molar-refractivity contribution in [1.82, 2.24) is 24.6 Å². The molecule has 1 saturated heterocycles. The maximum Gasteiger partial charge on any atom is 0.224 e. The maximum absolute atomic E-state index is 12.8. The highest BCUT2D eigenvalue weighted by Gasteiger charge is 2.26. The van der Waals surface area contributed by atoms with Crippen molar-refractivity contribution in [1.29, 1.82) is 0 Å². The molecule has 0 spiro atoms. The van der Waals surface area contributed by atoms with E-state index in [2.05, 4.69) is 41.3 Å². The normalized spacial score (nSPS) is 16.5. The van der Waals surface area contributed by atoms with Gasteiger partial charge in [-0.25, -0.2) is 9.67 Å². The Morgan fingerprint density at radius 2 is 1.94 bits per heavy atom. The van der Waals surface area contributed by atoms with E-state index in [4.69, 9.17) is 9.72 Å². The Labute approximate surface area is 183 Å². The molecule has 0 bridgehead atoms. The van der Waals surface area contributed by atoms with Gasteiger partial charge in [0.05, 0.1) is 25.4 Å². The summed E-state index contributed by atoms with van der Waals surface area (Å²) in [5.74, 6) is 1.67. The van der Waals surface area contributed by atoms with Gasteiger partial charge in [0.25, 0.3) is 0 Å². The molecule has 1 atom stereocenters. The summed E-state index contributed by atoms with van der Waals surface area (Å²) in [5, 5.41) is 4.34. The van der Waals surface area contributed by atoms with Gasteiger partial charge >= 0.3 is 0 Å². The molecular formula is C24H29N5O2. The topological polar surface area (TPSA) is 73.1 Å². The van der Waals surface area contributed by atoms with Crippen molar-refractivity contribution in [3.63, 3.8) is 0 Å². The van der Waals surface area contributed by atoms with E-state index in [9.17, 15) is 4.79 Å². The van der Waals surface area contributed by atoms with Crippen LogP contribution in [0.3, 0.4) is 0 Å². The number of morpholine rings is 1. The fourth-order valence-electron chi connectivity index (χ4n) is 3.97. The number of nitrogens with zero attached hydrogens (tertiary/aromatic N) is 5. The molecule has 0 aliphatic carbocycles. The lowest BCUT2D eigenvalue weighted by Gasteiger charge is -2.33. The van der Waals surface area contributed by atoms with Crippen molar-refractivity contribution in [2.45, 2.75) is 46.3 Å². The Kier molecular flexibility index (Phi) is 6.42. The number of aryl methyl sites for hydroxylation is 4. The van der Waals surface area contributed by atoms with E-state index in [1.807, 2.05) is 36.9 Å². The number of hydrogen-bond donors (Lipinski definition) is 0. The first-order valence-corrected chi connectivity index (χ1v) is 10.8. The quantitative estimate of drug-likeness (QED) is 0.614. The van der Waals surface area contributed by atoms with Crippen LogP contribution < -0.4 is 0 Å². The van der Waals surface area contributed by atoms with Gasteiger partial charge in [-0.1, -0.05) is 30.3 Å². The first kappa shape index (κ1) is 21.2. The van der Waals surface area contributed by atoms with Crippen molar-refractivity contribution in [2.24, 2.45) is 0 Å². The molecule has 7 heteroatoms. The summed E-state index contributed by atoms with van der Waals surface area (Å²) in [7, 11) is 0. The van der Waals surface area contributed by atoms with Crippen LogP contribution in [0, 0.1) is 20.8 Å². The number of ether oxygens (including phenoxy) is 1. The summed E-state index contributed by atoms with van der Waals surface area (Å²) >= 11 is 0. The second-order valence-electron chi connectivity index (χ2n) is 8.04. The number of aromatic nitrogens is 4. The summed E-state index contributed by atoms with van der Waals surface area (Å²) in [6.45, 7) is 8.07. The van der Waals surface area contributed by atoms with Crippen LogP contribution in [0.4, 0.5) is 0 Å². The lowest BCUT2D eigenvalue weighted by Crippen LogP contribution is -2.42. The molecule has 1 aliphatic heterocycles. The zero-order valence-corrected chi connectivity index (χ0v) is 18.4. The lowest BCUT2D eigenvalue weighted by molar-refractivity contribution is -0.139. The van der Waals surface area contributed by atoms with E-state index >= 15 is 0 Å². The number of benzene rings is 1. The molecule has 1 aromatic carbocycles. The summed E-state index contributed by atoms with van der Waals surface area (Å²) in [5.41, 5.74) is 4.42. The Balaban J connectivity index is 1.39. The van der Waals surface area contributed by atoms with Crippen molar-refractivity contribution in [3.05, 3.63) is 76.6 Å². The van der Waals surface area contributed by atoms with Gasteiger partial charge < -0.3 is 9.64 Å². The van der Waals surface area contributed by atoms with Crippen LogP contribution in [0.15, 0.2) is 42.5 Å². The van der Waals surface area contributed by atoms with Crippen molar-refractivity contribution < 1.29 is 9.53 Å². The largest absolute Gasteiger partial charge is 0.368 e. The van der Waals surface area contributed by atoms with Gasteiger partial charge in [0.1, 0.15) is 17.8 Å². The third-order valence-corrected chi connectivity index (χ3v) is 5.71. The zero-order chi connectivity index (χ0) is 21.8. The van der Waals surface area contributed by atoms with Gasteiger partial charge in [-0.3, -0.25) is 9.78 Å². The minimum Gasteiger partial charge on any atom is -0.368 e. The second kappa shape index (κ2) is 9.39. The van der Waals surface area contributed by atoms with E-state index < -0.39 is 0 Å². The lowest BCUT2D eigenvalue weighted by atomic mass is 10.0. The fourth-order valence-corrected chi connectivity index (χ4v) is 3.97. The van der Waals surface area contributed by atoms with Crippen LogP contribution in [0.25, 0.3) is 0 Å². The van der Waals surface area contributed by atoms with E-state index in [0.29, 0.717) is 32.7 Å². The molecule has 7 nitrogen and oxygen atoms in total. The first-order chi connectivity index (χ1) is 15.0. The Morgan fingerprint density at radius 1 is 1.10 bits per heavy atom. The van der Waals surface area contributed by atoms with Crippen LogP contribution in [0.1, 0.15) is 46.7 Å². The highest BCUT2D eigenvalue weighted by Crippen LogP contribution is 2.22. The molecule has 1 fully saturated rings. The number of hydrogen-bond acceptors (Lipinski definition) is 5. The Hall–Kier alpha value is -3.06. The number of carbonyl (C=O) groups excluding carboxylic acids is 1. The molecule has 1 amide bonds. The maximum atomic E-state index is 12.8. The molecule has 1 aliphatic rings. The van der Waals surface area contributed by atoms with Crippen molar-refractivity contribution in [3.8, 4) is 0 Å². The molecule has 0 saturated carbocycles. The number of pyridine rings is 1. The van der Waals surface area contributed by atoms with Gasteiger partial charge in [-0.2, -0.15) is 5.10 Å². The first-order valence-electron chi connectivity index (χ1n) is 10.8. The second-order valence-corrected chi connectivity index (χ2v) is 8.04. The molecule has 3 heterocycles. The molecule has 3 aromatic rings. The highest BCUT2D eigenvalue weighted by atomic mass is 16.5. The number of amides is 1. The van der Waals surface area contributed by atoms with Crippen molar-refractivity contribution >= 4 is 5.91 Å². The fraction of sp³-hybridized carbons (Fsp3) is 0.417. The van der Waals surface area contributed by atoms with Gasteiger partial charge in [-0.05, 0) is 44.0 Å². The van der Waals surface area contributed by atoms with E-state index in [-0.39, 0.29) is 12.0 Å². The molecule has 0 unspecified atom stereocenters. The molecule has 31 heavy (non-hydrogen) atoms. The van der Waals surface area contributed by atoms with Gasteiger partial charge in [0.2, 0.25) is 5.91 Å². The smallest absolute Gasteiger partial charge is 0.224 e. The van der Waals surface area contributed by atoms with Gasteiger partial charge in [0.15, 0.2) is 0 Å². The minimum absolute atomic E-state index is 0.108. The number of rotatable bonds is 6. The average Bonchev–Trinajstić information content (AvgIpc) is 3.11. The van der Waals surface area contributed by atoms with Crippen LogP contribution in [-0.2, 0) is 22.5 Å². The molecule has 0 radical (unpaired) electrons. The van der Waals surface area contributed by atoms with Crippen LogP contribution in [-0.4, -0.2) is 50.3 Å². The van der Waals surface area contributed by atoms with E-state index in [1.165, 1.54) is 11.1 Å². The molecule has 4 rings (SSSR count). The SMILES string of the molecule is Cc1nc(C)n(CCC(=O)N2CCO[C@@H](c3cccc(Cc4ccccc4C)n3)C2)n1. The monoisotopic (exact) mass is 419 g/mol. The summed E-state index contributed by atoms with van der Waals surface area (Å²) in [6.07, 6.45) is 0.980. The Morgan fingerprint density at radius 3 is 2.71 bits per heavy atom. The van der Waals surface area contributed by atoms with E-state index in [0.717, 1.165) is 29.5 Å². The van der Waals surface area contributed by atoms with Crippen molar-refractivity contribution in [2.75, 3.05) is 19.7 Å². The van der Waals surface area contributed by atoms with Crippen LogP contribution >= 0.6 is 0 Å². The van der Waals surface area contributed by atoms with Gasteiger partial charge in [0, 0.05) is 25.1 Å².